The van der Waals surface area contributed by atoms with Crippen LogP contribution in [0.25, 0.3) is 0 Å². The minimum absolute atomic E-state index is 0.0327. The lowest BCUT2D eigenvalue weighted by molar-refractivity contribution is -0.120. The Hall–Kier alpha value is -2.04. The fraction of sp³-hybridized carbons (Fsp3) is 0.600. The molecule has 1 atom stereocenters. The van der Waals surface area contributed by atoms with E-state index >= 15 is 0 Å². The highest BCUT2D eigenvalue weighted by molar-refractivity contribution is 5.97. The summed E-state index contributed by atoms with van der Waals surface area (Å²) in [4.78, 5) is 26.9. The first-order valence-corrected chi connectivity index (χ1v) is 9.39. The number of carbonyl (C=O) groups is 2. The zero-order valence-corrected chi connectivity index (χ0v) is 15.9. The minimum Gasteiger partial charge on any atom is -0.362 e. The Balaban J connectivity index is 2.13. The Bertz CT molecular complexity index is 613. The van der Waals surface area contributed by atoms with Crippen LogP contribution in [0.5, 0.6) is 0 Å². The Morgan fingerprint density at radius 2 is 1.96 bits per heavy atom. The van der Waals surface area contributed by atoms with Gasteiger partial charge in [0.05, 0.1) is 6.54 Å². The molecule has 2 N–H and O–H groups in total. The van der Waals surface area contributed by atoms with Crippen molar-refractivity contribution in [1.29, 1.82) is 0 Å². The van der Waals surface area contributed by atoms with E-state index in [-0.39, 0.29) is 23.9 Å². The molecule has 0 aliphatic carbocycles. The van der Waals surface area contributed by atoms with Gasteiger partial charge in [-0.25, -0.2) is 0 Å². The average Bonchev–Trinajstić information content (AvgIpc) is 2.54. The summed E-state index contributed by atoms with van der Waals surface area (Å²) in [6.45, 7) is 9.27. The highest BCUT2D eigenvalue weighted by Crippen LogP contribution is 2.29. The van der Waals surface area contributed by atoms with Crippen LogP contribution in [0.15, 0.2) is 18.2 Å². The fourth-order valence-electron chi connectivity index (χ4n) is 3.42. The SMILES string of the molecule is CCCC(C)NC(=O)CN1CCCc2c(C(=O)NC(C)C)cccc21. The molecule has 0 saturated carbocycles. The number of hydrogen-bond acceptors (Lipinski definition) is 3. The van der Waals surface area contributed by atoms with Crippen molar-refractivity contribution in [3.05, 3.63) is 29.3 Å². The monoisotopic (exact) mass is 345 g/mol. The topological polar surface area (TPSA) is 61.4 Å². The Morgan fingerprint density at radius 1 is 1.20 bits per heavy atom. The van der Waals surface area contributed by atoms with Gasteiger partial charge < -0.3 is 15.5 Å². The van der Waals surface area contributed by atoms with E-state index in [0.29, 0.717) is 6.54 Å². The third kappa shape index (κ3) is 5.21. The van der Waals surface area contributed by atoms with Crippen LogP contribution in [-0.2, 0) is 11.2 Å². The van der Waals surface area contributed by atoms with Crippen molar-refractivity contribution >= 4 is 17.5 Å². The lowest BCUT2D eigenvalue weighted by Gasteiger charge is -2.32. The maximum absolute atomic E-state index is 12.5. The van der Waals surface area contributed by atoms with Crippen LogP contribution in [0.4, 0.5) is 5.69 Å². The number of benzene rings is 1. The molecule has 1 aromatic rings. The number of anilines is 1. The highest BCUT2D eigenvalue weighted by atomic mass is 16.2. The summed E-state index contributed by atoms with van der Waals surface area (Å²) in [5, 5.41) is 6.03. The molecule has 0 spiro atoms. The summed E-state index contributed by atoms with van der Waals surface area (Å²) in [5.74, 6) is 0.0144. The number of nitrogens with zero attached hydrogens (tertiary/aromatic N) is 1. The molecule has 25 heavy (non-hydrogen) atoms. The molecule has 0 fully saturated rings. The summed E-state index contributed by atoms with van der Waals surface area (Å²) in [6.07, 6.45) is 3.88. The van der Waals surface area contributed by atoms with E-state index in [9.17, 15) is 9.59 Å². The Kier molecular flexibility index (Phi) is 6.85. The number of nitrogens with one attached hydrogen (secondary N) is 2. The first-order chi connectivity index (χ1) is 11.9. The van der Waals surface area contributed by atoms with Crippen LogP contribution < -0.4 is 15.5 Å². The van der Waals surface area contributed by atoms with E-state index in [1.807, 2.05) is 39.0 Å². The molecule has 2 rings (SSSR count). The van der Waals surface area contributed by atoms with Crippen molar-refractivity contribution in [3.8, 4) is 0 Å². The number of hydrogen-bond donors (Lipinski definition) is 2. The van der Waals surface area contributed by atoms with Crippen LogP contribution in [-0.4, -0.2) is 37.0 Å². The van der Waals surface area contributed by atoms with Gasteiger partial charge in [0.15, 0.2) is 0 Å². The van der Waals surface area contributed by atoms with E-state index < -0.39 is 0 Å². The largest absolute Gasteiger partial charge is 0.362 e. The zero-order valence-electron chi connectivity index (χ0n) is 15.9. The van der Waals surface area contributed by atoms with E-state index in [1.54, 1.807) is 0 Å². The number of amides is 2. The standard InChI is InChI=1S/C20H31N3O2/c1-5-8-15(4)22-19(24)13-23-12-7-10-16-17(9-6-11-18(16)23)20(25)21-14(2)3/h6,9,11,14-15H,5,7-8,10,12-13H2,1-4H3,(H,21,25)(H,22,24). The van der Waals surface area contributed by atoms with Crippen molar-refractivity contribution in [2.45, 2.75) is 65.5 Å². The van der Waals surface area contributed by atoms with Crippen LogP contribution in [0.2, 0.25) is 0 Å². The molecule has 1 heterocycles. The summed E-state index contributed by atoms with van der Waals surface area (Å²) in [5.41, 5.74) is 2.80. The minimum atomic E-state index is -0.0327. The van der Waals surface area contributed by atoms with Crippen molar-refractivity contribution in [2.24, 2.45) is 0 Å². The van der Waals surface area contributed by atoms with Crippen LogP contribution >= 0.6 is 0 Å². The summed E-state index contributed by atoms with van der Waals surface area (Å²) < 4.78 is 0. The summed E-state index contributed by atoms with van der Waals surface area (Å²) in [6, 6.07) is 6.11. The normalized spacial score (nSPS) is 14.8. The van der Waals surface area contributed by atoms with Gasteiger partial charge in [0.25, 0.3) is 5.91 Å². The van der Waals surface area contributed by atoms with Gasteiger partial charge in [-0.15, -0.1) is 0 Å². The predicted octanol–water partition coefficient (Wildman–Crippen LogP) is 2.88. The first kappa shape index (κ1) is 19.3. The molecule has 0 radical (unpaired) electrons. The second-order valence-electron chi connectivity index (χ2n) is 7.21. The molecule has 1 aliphatic rings. The average molecular weight is 345 g/mol. The molecule has 5 heteroatoms. The lowest BCUT2D eigenvalue weighted by Crippen LogP contribution is -2.43. The molecule has 138 valence electrons. The fourth-order valence-corrected chi connectivity index (χ4v) is 3.42. The van der Waals surface area contributed by atoms with E-state index in [1.165, 1.54) is 0 Å². The highest BCUT2D eigenvalue weighted by Gasteiger charge is 2.24. The molecule has 0 aromatic heterocycles. The number of rotatable bonds is 7. The summed E-state index contributed by atoms with van der Waals surface area (Å²) in [7, 11) is 0. The molecular weight excluding hydrogens is 314 g/mol. The third-order valence-corrected chi connectivity index (χ3v) is 4.47. The molecule has 2 amide bonds. The molecule has 1 aromatic carbocycles. The van der Waals surface area contributed by atoms with Crippen LogP contribution in [0.3, 0.4) is 0 Å². The zero-order chi connectivity index (χ0) is 18.4. The van der Waals surface area contributed by atoms with Gasteiger partial charge in [0, 0.05) is 29.9 Å². The second kappa shape index (κ2) is 8.88. The first-order valence-electron chi connectivity index (χ1n) is 9.39. The van der Waals surface area contributed by atoms with Gasteiger partial charge >= 0.3 is 0 Å². The maximum atomic E-state index is 12.5. The molecule has 0 bridgehead atoms. The number of carbonyl (C=O) groups excluding carboxylic acids is 2. The van der Waals surface area contributed by atoms with Crippen molar-refractivity contribution < 1.29 is 9.59 Å². The Morgan fingerprint density at radius 3 is 2.64 bits per heavy atom. The van der Waals surface area contributed by atoms with E-state index in [0.717, 1.165) is 49.0 Å². The number of fused-ring (bicyclic) bond motifs is 1. The van der Waals surface area contributed by atoms with Crippen LogP contribution in [0, 0.1) is 0 Å². The smallest absolute Gasteiger partial charge is 0.251 e. The molecule has 0 saturated heterocycles. The van der Waals surface area contributed by atoms with Gasteiger partial charge in [0.2, 0.25) is 5.91 Å². The quantitative estimate of drug-likeness (QED) is 0.799. The van der Waals surface area contributed by atoms with Gasteiger partial charge in [-0.1, -0.05) is 19.4 Å². The van der Waals surface area contributed by atoms with Crippen LogP contribution in [0.1, 0.15) is 62.9 Å². The van der Waals surface area contributed by atoms with E-state index in [4.69, 9.17) is 0 Å². The summed E-state index contributed by atoms with van der Waals surface area (Å²) >= 11 is 0. The molecule has 5 nitrogen and oxygen atoms in total. The van der Waals surface area contributed by atoms with Gasteiger partial charge in [0.1, 0.15) is 0 Å². The molecule has 1 aliphatic heterocycles. The van der Waals surface area contributed by atoms with Crippen molar-refractivity contribution in [1.82, 2.24) is 10.6 Å². The van der Waals surface area contributed by atoms with Crippen molar-refractivity contribution in [2.75, 3.05) is 18.0 Å². The van der Waals surface area contributed by atoms with E-state index in [2.05, 4.69) is 22.5 Å². The van der Waals surface area contributed by atoms with Gasteiger partial charge in [-0.05, 0) is 57.7 Å². The predicted molar refractivity (Wildman–Crippen MR) is 102 cm³/mol. The second-order valence-corrected chi connectivity index (χ2v) is 7.21. The molecule has 1 unspecified atom stereocenters. The molecular formula is C20H31N3O2. The lowest BCUT2D eigenvalue weighted by atomic mass is 9.95. The maximum Gasteiger partial charge on any atom is 0.251 e. The van der Waals surface area contributed by atoms with Crippen molar-refractivity contribution in [3.63, 3.8) is 0 Å². The third-order valence-electron chi connectivity index (χ3n) is 4.47. The Labute approximate surface area is 151 Å². The van der Waals surface area contributed by atoms with Gasteiger partial charge in [-0.3, -0.25) is 9.59 Å². The van der Waals surface area contributed by atoms with Gasteiger partial charge in [-0.2, -0.15) is 0 Å².